The Morgan fingerprint density at radius 2 is 2.03 bits per heavy atom. The highest BCUT2D eigenvalue weighted by Gasteiger charge is 2.18. The first-order valence-corrected chi connectivity index (χ1v) is 11.1. The summed E-state index contributed by atoms with van der Waals surface area (Å²) in [5.41, 5.74) is 3.67. The summed E-state index contributed by atoms with van der Waals surface area (Å²) in [6.07, 6.45) is 2.14. The Morgan fingerprint density at radius 3 is 2.77 bits per heavy atom. The van der Waals surface area contributed by atoms with E-state index in [1.165, 1.54) is 11.1 Å². The fourth-order valence-corrected chi connectivity index (χ4v) is 3.63. The molecule has 1 fully saturated rings. The molecule has 0 aliphatic carbocycles. The largest absolute Gasteiger partial charge is 0.488 e. The molecule has 0 radical (unpaired) electrons. The topological polar surface area (TPSA) is 58.1 Å². The maximum Gasteiger partial charge on any atom is 0.191 e. The van der Waals surface area contributed by atoms with Gasteiger partial charge in [0, 0.05) is 38.7 Å². The predicted molar refractivity (Wildman–Crippen MR) is 127 cm³/mol. The van der Waals surface area contributed by atoms with Gasteiger partial charge in [0.05, 0.1) is 13.2 Å². The van der Waals surface area contributed by atoms with Gasteiger partial charge in [-0.15, -0.1) is 0 Å². The van der Waals surface area contributed by atoms with Gasteiger partial charge in [-0.2, -0.15) is 0 Å². The summed E-state index contributed by atoms with van der Waals surface area (Å²) in [6, 6.07) is 16.9. The van der Waals surface area contributed by atoms with Crippen LogP contribution in [0.1, 0.15) is 29.5 Å². The zero-order chi connectivity index (χ0) is 21.9. The summed E-state index contributed by atoms with van der Waals surface area (Å²) in [5.74, 6) is 1.74. The molecule has 0 aromatic heterocycles. The van der Waals surface area contributed by atoms with Crippen LogP contribution in [0, 0.1) is 6.92 Å². The van der Waals surface area contributed by atoms with Crippen molar-refractivity contribution in [2.75, 3.05) is 40.4 Å². The predicted octanol–water partition coefficient (Wildman–Crippen LogP) is 3.35. The first kappa shape index (κ1) is 23.1. The van der Waals surface area contributed by atoms with Crippen LogP contribution < -0.4 is 15.4 Å². The Hall–Kier alpha value is -2.57. The lowest BCUT2D eigenvalue weighted by Crippen LogP contribution is -2.38. The van der Waals surface area contributed by atoms with Gasteiger partial charge in [0.2, 0.25) is 0 Å². The zero-order valence-electron chi connectivity index (χ0n) is 19.1. The highest BCUT2D eigenvalue weighted by atomic mass is 16.5. The molecule has 168 valence electrons. The molecule has 2 aromatic carbocycles. The average molecular weight is 425 g/mol. The number of hydrogen-bond donors (Lipinski definition) is 2. The Balaban J connectivity index is 1.41. The number of guanidine groups is 1. The van der Waals surface area contributed by atoms with Crippen molar-refractivity contribution in [3.8, 4) is 5.75 Å². The molecule has 0 spiro atoms. The van der Waals surface area contributed by atoms with Gasteiger partial charge in [-0.05, 0) is 44.1 Å². The summed E-state index contributed by atoms with van der Waals surface area (Å²) < 4.78 is 11.6. The van der Waals surface area contributed by atoms with Crippen molar-refractivity contribution in [3.63, 3.8) is 0 Å². The average Bonchev–Trinajstić information content (AvgIpc) is 3.28. The SMILES string of the molecule is CN=C(NCCCN(C)Cc1ccccc1)NCc1ccc(C)cc1OC1CCOC1. The van der Waals surface area contributed by atoms with E-state index in [9.17, 15) is 0 Å². The monoisotopic (exact) mass is 424 g/mol. The van der Waals surface area contributed by atoms with Crippen molar-refractivity contribution < 1.29 is 9.47 Å². The Morgan fingerprint density at radius 1 is 1.19 bits per heavy atom. The Kier molecular flexibility index (Phi) is 9.18. The third-order valence-electron chi connectivity index (χ3n) is 5.38. The van der Waals surface area contributed by atoms with Crippen LogP contribution in [-0.2, 0) is 17.8 Å². The van der Waals surface area contributed by atoms with Crippen LogP contribution in [0.4, 0.5) is 0 Å². The molecule has 1 aliphatic rings. The van der Waals surface area contributed by atoms with Crippen LogP contribution in [-0.4, -0.2) is 57.4 Å². The smallest absolute Gasteiger partial charge is 0.191 e. The number of benzene rings is 2. The summed E-state index contributed by atoms with van der Waals surface area (Å²) in [6.45, 7) is 7.06. The van der Waals surface area contributed by atoms with E-state index in [-0.39, 0.29) is 6.10 Å². The van der Waals surface area contributed by atoms with Crippen LogP contribution in [0.15, 0.2) is 53.5 Å². The molecule has 2 aromatic rings. The van der Waals surface area contributed by atoms with Gasteiger partial charge in [0.15, 0.2) is 5.96 Å². The van der Waals surface area contributed by atoms with Crippen LogP contribution in [0.3, 0.4) is 0 Å². The quantitative estimate of drug-likeness (QED) is 0.348. The third kappa shape index (κ3) is 7.89. The molecule has 31 heavy (non-hydrogen) atoms. The van der Waals surface area contributed by atoms with Crippen LogP contribution in [0.25, 0.3) is 0 Å². The second-order valence-corrected chi connectivity index (χ2v) is 8.14. The first-order chi connectivity index (χ1) is 15.1. The second-order valence-electron chi connectivity index (χ2n) is 8.14. The standard InChI is InChI=1S/C25H36N4O2/c1-20-10-11-22(24(16-20)31-23-12-15-30-19-23)17-28-25(26-2)27-13-7-14-29(3)18-21-8-5-4-6-9-21/h4-6,8-11,16,23H,7,12-15,17-19H2,1-3H3,(H2,26,27,28). The normalized spacial score (nSPS) is 16.5. The van der Waals surface area contributed by atoms with E-state index in [0.717, 1.165) is 56.4 Å². The van der Waals surface area contributed by atoms with Gasteiger partial charge in [-0.3, -0.25) is 4.99 Å². The van der Waals surface area contributed by atoms with Crippen molar-refractivity contribution in [3.05, 3.63) is 65.2 Å². The molecule has 1 heterocycles. The fraction of sp³-hybridized carbons (Fsp3) is 0.480. The van der Waals surface area contributed by atoms with Crippen LogP contribution in [0.2, 0.25) is 0 Å². The summed E-state index contributed by atoms with van der Waals surface area (Å²) >= 11 is 0. The molecule has 1 saturated heterocycles. The lowest BCUT2D eigenvalue weighted by molar-refractivity contribution is 0.140. The number of rotatable bonds is 10. The molecule has 0 bridgehead atoms. The first-order valence-electron chi connectivity index (χ1n) is 11.1. The second kappa shape index (κ2) is 12.3. The van der Waals surface area contributed by atoms with E-state index in [1.807, 2.05) is 0 Å². The number of hydrogen-bond acceptors (Lipinski definition) is 4. The highest BCUT2D eigenvalue weighted by Crippen LogP contribution is 2.23. The van der Waals surface area contributed by atoms with Gasteiger partial charge in [-0.1, -0.05) is 42.5 Å². The van der Waals surface area contributed by atoms with Gasteiger partial charge in [0.25, 0.3) is 0 Å². The summed E-state index contributed by atoms with van der Waals surface area (Å²) in [5, 5.41) is 6.83. The van der Waals surface area contributed by atoms with Gasteiger partial charge in [-0.25, -0.2) is 0 Å². The minimum atomic E-state index is 0.144. The van der Waals surface area contributed by atoms with Crippen molar-refractivity contribution >= 4 is 5.96 Å². The minimum absolute atomic E-state index is 0.144. The third-order valence-corrected chi connectivity index (χ3v) is 5.38. The van der Waals surface area contributed by atoms with E-state index in [2.05, 4.69) is 83.0 Å². The fourth-order valence-electron chi connectivity index (χ4n) is 3.63. The van der Waals surface area contributed by atoms with Crippen LogP contribution in [0.5, 0.6) is 5.75 Å². The van der Waals surface area contributed by atoms with Gasteiger partial charge >= 0.3 is 0 Å². The summed E-state index contributed by atoms with van der Waals surface area (Å²) in [4.78, 5) is 6.70. The number of aryl methyl sites for hydroxylation is 1. The molecule has 2 N–H and O–H groups in total. The van der Waals surface area contributed by atoms with E-state index >= 15 is 0 Å². The molecular formula is C25H36N4O2. The summed E-state index contributed by atoms with van der Waals surface area (Å²) in [7, 11) is 3.97. The minimum Gasteiger partial charge on any atom is -0.488 e. The van der Waals surface area contributed by atoms with E-state index < -0.39 is 0 Å². The molecule has 6 heteroatoms. The zero-order valence-corrected chi connectivity index (χ0v) is 19.1. The number of ether oxygens (including phenoxy) is 2. The lowest BCUT2D eigenvalue weighted by atomic mass is 10.1. The van der Waals surface area contributed by atoms with Crippen molar-refractivity contribution in [2.45, 2.75) is 39.0 Å². The van der Waals surface area contributed by atoms with Gasteiger partial charge in [0.1, 0.15) is 11.9 Å². The van der Waals surface area contributed by atoms with Crippen molar-refractivity contribution in [1.29, 1.82) is 0 Å². The van der Waals surface area contributed by atoms with Gasteiger partial charge < -0.3 is 25.0 Å². The molecule has 1 atom stereocenters. The molecule has 3 rings (SSSR count). The van der Waals surface area contributed by atoms with E-state index in [4.69, 9.17) is 9.47 Å². The lowest BCUT2D eigenvalue weighted by Gasteiger charge is -2.19. The Bertz CT molecular complexity index is 820. The maximum atomic E-state index is 6.20. The number of nitrogens with zero attached hydrogens (tertiary/aromatic N) is 2. The molecule has 1 unspecified atom stereocenters. The van der Waals surface area contributed by atoms with Crippen molar-refractivity contribution in [1.82, 2.24) is 15.5 Å². The molecule has 6 nitrogen and oxygen atoms in total. The van der Waals surface area contributed by atoms with E-state index in [1.54, 1.807) is 7.05 Å². The van der Waals surface area contributed by atoms with Crippen molar-refractivity contribution in [2.24, 2.45) is 4.99 Å². The number of nitrogens with one attached hydrogen (secondary N) is 2. The van der Waals surface area contributed by atoms with E-state index in [0.29, 0.717) is 13.2 Å². The Labute approximate surface area is 186 Å². The highest BCUT2D eigenvalue weighted by molar-refractivity contribution is 5.79. The van der Waals surface area contributed by atoms with Crippen LogP contribution >= 0.6 is 0 Å². The number of aliphatic imine (C=N–C) groups is 1. The molecular weight excluding hydrogens is 388 g/mol. The molecule has 0 saturated carbocycles. The maximum absolute atomic E-state index is 6.20. The molecule has 1 aliphatic heterocycles. The molecule has 0 amide bonds.